The van der Waals surface area contributed by atoms with Gasteiger partial charge in [-0.3, -0.25) is 4.79 Å². The number of thioether (sulfide) groups is 1. The molecule has 4 heterocycles. The number of rotatable bonds is 6. The van der Waals surface area contributed by atoms with Gasteiger partial charge in [0.2, 0.25) is 0 Å². The first-order valence-electron chi connectivity index (χ1n) is 12.6. The molecule has 2 saturated heterocycles. The molecule has 2 aliphatic rings. The first kappa shape index (κ1) is 27.6. The molecule has 1 amide bonds. The Morgan fingerprint density at radius 1 is 0.974 bits per heavy atom. The van der Waals surface area contributed by atoms with Crippen LogP contribution in [-0.2, 0) is 11.9 Å². The maximum atomic E-state index is 13.7. The minimum atomic E-state index is -4.61. The number of alkyl halides is 3. The van der Waals surface area contributed by atoms with E-state index in [0.29, 0.717) is 50.1 Å². The molecule has 0 spiro atoms. The Hall–Kier alpha value is -2.96. The smallest absolute Gasteiger partial charge is 0.433 e. The van der Waals surface area contributed by atoms with Crippen LogP contribution >= 0.6 is 23.4 Å². The summed E-state index contributed by atoms with van der Waals surface area (Å²) in [4.78, 5) is 28.8. The Morgan fingerprint density at radius 3 is 2.36 bits per heavy atom. The number of carbonyl (C=O) groups is 1. The predicted molar refractivity (Wildman–Crippen MR) is 145 cm³/mol. The van der Waals surface area contributed by atoms with Crippen molar-refractivity contribution >= 4 is 40.8 Å². The average Bonchev–Trinajstić information content (AvgIpc) is 3.41. The third-order valence-corrected chi connectivity index (χ3v) is 7.98. The Kier molecular flexibility index (Phi) is 8.24. The fourth-order valence-electron chi connectivity index (χ4n) is 4.54. The molecule has 2 aliphatic heterocycles. The highest BCUT2D eigenvalue weighted by molar-refractivity contribution is 7.98. The van der Waals surface area contributed by atoms with Crippen molar-refractivity contribution in [3.8, 4) is 0 Å². The molecular weight excluding hydrogens is 553 g/mol. The van der Waals surface area contributed by atoms with Crippen molar-refractivity contribution in [1.29, 1.82) is 0 Å². The van der Waals surface area contributed by atoms with Crippen molar-refractivity contribution in [2.45, 2.75) is 17.1 Å². The molecule has 0 aliphatic carbocycles. The van der Waals surface area contributed by atoms with Crippen molar-refractivity contribution in [3.05, 3.63) is 64.7 Å². The highest BCUT2D eigenvalue weighted by Gasteiger charge is 2.35. The standard InChI is InChI=1S/C26H28ClF3N6O2S/c1-33-8-10-36(11-9-33)24(37)21-7-6-18(38-21)17-39-25-31-22(26(28,29)30)16-23(32-25)35-14-12-34(13-15-35)20-5-3-2-4-19(20)27/h2-7,16H,8-15,17H2,1H3. The van der Waals surface area contributed by atoms with Gasteiger partial charge in [-0.25, -0.2) is 9.97 Å². The summed E-state index contributed by atoms with van der Waals surface area (Å²) in [5, 5.41) is 0.633. The Bertz CT molecular complexity index is 1310. The highest BCUT2D eigenvalue weighted by atomic mass is 35.5. The van der Waals surface area contributed by atoms with E-state index in [4.69, 9.17) is 16.0 Å². The molecule has 0 saturated carbocycles. The van der Waals surface area contributed by atoms with E-state index in [0.717, 1.165) is 36.6 Å². The number of nitrogens with zero attached hydrogens (tertiary/aromatic N) is 6. The van der Waals surface area contributed by atoms with Crippen LogP contribution in [0.1, 0.15) is 22.0 Å². The van der Waals surface area contributed by atoms with Crippen LogP contribution in [0.15, 0.2) is 52.0 Å². The lowest BCUT2D eigenvalue weighted by atomic mass is 10.2. The lowest BCUT2D eigenvalue weighted by Crippen LogP contribution is -2.47. The van der Waals surface area contributed by atoms with Gasteiger partial charge in [0.1, 0.15) is 11.6 Å². The molecule has 208 valence electrons. The SMILES string of the molecule is CN1CCN(C(=O)c2ccc(CSc3nc(N4CCN(c5ccccc5Cl)CC4)cc(C(F)(F)F)n3)o2)CC1. The van der Waals surface area contributed by atoms with E-state index in [1.54, 1.807) is 17.0 Å². The number of aromatic nitrogens is 2. The van der Waals surface area contributed by atoms with Gasteiger partial charge in [0.15, 0.2) is 16.6 Å². The van der Waals surface area contributed by atoms with Gasteiger partial charge in [-0.1, -0.05) is 35.5 Å². The summed E-state index contributed by atoms with van der Waals surface area (Å²) in [5.41, 5.74) is -0.0911. The van der Waals surface area contributed by atoms with Crippen molar-refractivity contribution in [3.63, 3.8) is 0 Å². The van der Waals surface area contributed by atoms with Gasteiger partial charge in [0, 0.05) is 58.4 Å². The summed E-state index contributed by atoms with van der Waals surface area (Å²) in [6.45, 7) is 4.97. The Balaban J connectivity index is 1.26. The maximum absolute atomic E-state index is 13.7. The number of likely N-dealkylation sites (N-methyl/N-ethyl adjacent to an activating group) is 1. The number of furan rings is 1. The number of anilines is 2. The first-order valence-corrected chi connectivity index (χ1v) is 13.9. The van der Waals surface area contributed by atoms with E-state index >= 15 is 0 Å². The topological polar surface area (TPSA) is 69.0 Å². The van der Waals surface area contributed by atoms with Gasteiger partial charge in [-0.2, -0.15) is 13.2 Å². The van der Waals surface area contributed by atoms with Crippen molar-refractivity contribution < 1.29 is 22.4 Å². The third-order valence-electron chi connectivity index (χ3n) is 6.79. The van der Waals surface area contributed by atoms with Crippen LogP contribution in [0, 0.1) is 0 Å². The predicted octanol–water partition coefficient (Wildman–Crippen LogP) is 4.75. The van der Waals surface area contributed by atoms with Crippen LogP contribution < -0.4 is 9.80 Å². The average molecular weight is 581 g/mol. The van der Waals surface area contributed by atoms with E-state index in [1.165, 1.54) is 0 Å². The number of hydrogen-bond acceptors (Lipinski definition) is 8. The lowest BCUT2D eigenvalue weighted by Gasteiger charge is -2.37. The van der Waals surface area contributed by atoms with Gasteiger partial charge in [-0.05, 0) is 31.3 Å². The molecule has 0 radical (unpaired) electrons. The second kappa shape index (κ2) is 11.6. The van der Waals surface area contributed by atoms with Crippen molar-refractivity contribution in [1.82, 2.24) is 19.8 Å². The number of hydrogen-bond donors (Lipinski definition) is 0. The summed E-state index contributed by atoms with van der Waals surface area (Å²) in [6, 6.07) is 11.8. The molecule has 0 atom stereocenters. The Morgan fingerprint density at radius 2 is 1.67 bits per heavy atom. The summed E-state index contributed by atoms with van der Waals surface area (Å²) in [7, 11) is 2.01. The van der Waals surface area contributed by atoms with Crippen LogP contribution in [0.2, 0.25) is 5.02 Å². The lowest BCUT2D eigenvalue weighted by molar-refractivity contribution is -0.141. The van der Waals surface area contributed by atoms with Gasteiger partial charge in [-0.15, -0.1) is 0 Å². The van der Waals surface area contributed by atoms with E-state index in [-0.39, 0.29) is 28.4 Å². The highest BCUT2D eigenvalue weighted by Crippen LogP contribution is 2.33. The first-order chi connectivity index (χ1) is 18.7. The van der Waals surface area contributed by atoms with E-state index in [2.05, 4.69) is 19.8 Å². The van der Waals surface area contributed by atoms with Crippen LogP contribution in [0.5, 0.6) is 0 Å². The van der Waals surface area contributed by atoms with Gasteiger partial charge >= 0.3 is 6.18 Å². The van der Waals surface area contributed by atoms with Crippen LogP contribution in [0.25, 0.3) is 0 Å². The van der Waals surface area contributed by atoms with Gasteiger partial charge in [0.25, 0.3) is 5.91 Å². The second-order valence-electron chi connectivity index (χ2n) is 9.47. The summed E-state index contributed by atoms with van der Waals surface area (Å²) in [5.74, 6) is 0.916. The van der Waals surface area contributed by atoms with Crippen LogP contribution in [0.3, 0.4) is 0 Å². The molecule has 2 aromatic heterocycles. The quantitative estimate of drug-likeness (QED) is 0.306. The molecule has 0 bridgehead atoms. The zero-order valence-corrected chi connectivity index (χ0v) is 22.9. The number of halogens is 4. The fraction of sp³-hybridized carbons (Fsp3) is 0.423. The summed E-state index contributed by atoms with van der Waals surface area (Å²) >= 11 is 7.36. The summed E-state index contributed by atoms with van der Waals surface area (Å²) in [6.07, 6.45) is -4.61. The van der Waals surface area contributed by atoms with E-state index in [1.807, 2.05) is 36.2 Å². The van der Waals surface area contributed by atoms with Crippen molar-refractivity contribution in [2.24, 2.45) is 0 Å². The minimum absolute atomic E-state index is 0.00305. The maximum Gasteiger partial charge on any atom is 0.433 e. The van der Waals surface area contributed by atoms with Gasteiger partial charge < -0.3 is 24.0 Å². The van der Waals surface area contributed by atoms with Crippen LogP contribution in [0.4, 0.5) is 24.7 Å². The molecule has 0 N–H and O–H groups in total. The molecular formula is C26H28ClF3N6O2S. The zero-order chi connectivity index (χ0) is 27.6. The molecule has 1 aromatic carbocycles. The monoisotopic (exact) mass is 580 g/mol. The molecule has 2 fully saturated rings. The van der Waals surface area contributed by atoms with Crippen LogP contribution in [-0.4, -0.2) is 85.1 Å². The largest absolute Gasteiger partial charge is 0.455 e. The number of amides is 1. The number of piperazine rings is 2. The normalized spacial score (nSPS) is 17.1. The molecule has 13 heteroatoms. The van der Waals surface area contributed by atoms with E-state index in [9.17, 15) is 18.0 Å². The molecule has 8 nitrogen and oxygen atoms in total. The fourth-order valence-corrected chi connectivity index (χ4v) is 5.54. The third kappa shape index (κ3) is 6.62. The second-order valence-corrected chi connectivity index (χ2v) is 10.8. The number of para-hydroxylation sites is 1. The summed E-state index contributed by atoms with van der Waals surface area (Å²) < 4.78 is 46.8. The number of benzene rings is 1. The molecule has 3 aromatic rings. The van der Waals surface area contributed by atoms with Crippen molar-refractivity contribution in [2.75, 3.05) is 69.2 Å². The Labute approximate surface area is 233 Å². The number of carbonyl (C=O) groups excluding carboxylic acids is 1. The molecule has 39 heavy (non-hydrogen) atoms. The molecule has 5 rings (SSSR count). The zero-order valence-electron chi connectivity index (χ0n) is 21.3. The minimum Gasteiger partial charge on any atom is -0.455 e. The van der Waals surface area contributed by atoms with E-state index < -0.39 is 11.9 Å². The van der Waals surface area contributed by atoms with Gasteiger partial charge in [0.05, 0.1) is 16.5 Å². The molecule has 0 unspecified atom stereocenters.